The van der Waals surface area contributed by atoms with Gasteiger partial charge in [0.05, 0.1) is 6.54 Å². The highest BCUT2D eigenvalue weighted by Crippen LogP contribution is 2.25. The van der Waals surface area contributed by atoms with Gasteiger partial charge in [-0.2, -0.15) is 4.31 Å². The number of hydrogen-bond donors (Lipinski definition) is 1. The molecule has 5 nitrogen and oxygen atoms in total. The largest absolute Gasteiger partial charge is 0.351 e. The van der Waals surface area contributed by atoms with Gasteiger partial charge in [-0.25, -0.2) is 8.42 Å². The van der Waals surface area contributed by atoms with E-state index in [2.05, 4.69) is 5.32 Å². The van der Waals surface area contributed by atoms with Crippen molar-refractivity contribution in [3.63, 3.8) is 0 Å². The van der Waals surface area contributed by atoms with Crippen LogP contribution in [0, 0.1) is 0 Å². The molecule has 2 aromatic rings. The lowest BCUT2D eigenvalue weighted by Crippen LogP contribution is -2.25. The number of rotatable bonds is 6. The molecule has 0 atom stereocenters. The van der Waals surface area contributed by atoms with Crippen LogP contribution in [0.5, 0.6) is 0 Å². The number of sulfonamides is 1. The first-order chi connectivity index (χ1) is 10.4. The molecule has 118 valence electrons. The fourth-order valence-electron chi connectivity index (χ4n) is 1.88. The van der Waals surface area contributed by atoms with Crippen LogP contribution in [0.2, 0.25) is 0 Å². The standard InChI is InChI=1S/C15H18N2O3S2/c1-12(18)16-10-14-8-9-15(21-14)22(19,20)17(2)11-13-6-4-3-5-7-13/h3-9H,10-11H2,1-2H3,(H,16,18). The van der Waals surface area contributed by atoms with Crippen molar-refractivity contribution in [2.24, 2.45) is 0 Å². The fraction of sp³-hybridized carbons (Fsp3) is 0.267. The molecule has 22 heavy (non-hydrogen) atoms. The average molecular weight is 338 g/mol. The third-order valence-electron chi connectivity index (χ3n) is 3.06. The first-order valence-electron chi connectivity index (χ1n) is 6.73. The van der Waals surface area contributed by atoms with Crippen LogP contribution in [-0.2, 0) is 27.9 Å². The third kappa shape index (κ3) is 4.16. The first-order valence-corrected chi connectivity index (χ1v) is 8.98. The average Bonchev–Trinajstić information content (AvgIpc) is 2.95. The highest BCUT2D eigenvalue weighted by molar-refractivity contribution is 7.91. The SMILES string of the molecule is CC(=O)NCc1ccc(S(=O)(=O)N(C)Cc2ccccc2)s1. The molecular weight excluding hydrogens is 320 g/mol. The van der Waals surface area contributed by atoms with E-state index in [0.717, 1.165) is 10.4 Å². The van der Waals surface area contributed by atoms with E-state index < -0.39 is 10.0 Å². The van der Waals surface area contributed by atoms with Crippen molar-refractivity contribution in [3.05, 3.63) is 52.9 Å². The molecule has 0 saturated carbocycles. The molecule has 1 amide bonds. The van der Waals surface area contributed by atoms with Crippen LogP contribution in [0.4, 0.5) is 0 Å². The maximum Gasteiger partial charge on any atom is 0.252 e. The lowest BCUT2D eigenvalue weighted by molar-refractivity contribution is -0.119. The topological polar surface area (TPSA) is 66.5 Å². The second-order valence-corrected chi connectivity index (χ2v) is 8.32. The second-order valence-electron chi connectivity index (χ2n) is 4.88. The molecule has 1 aromatic heterocycles. The molecule has 0 spiro atoms. The molecule has 1 aromatic carbocycles. The summed E-state index contributed by atoms with van der Waals surface area (Å²) in [6.45, 7) is 2.10. The minimum absolute atomic E-state index is 0.140. The van der Waals surface area contributed by atoms with Crippen LogP contribution in [0.1, 0.15) is 17.4 Å². The molecule has 0 bridgehead atoms. The quantitative estimate of drug-likeness (QED) is 0.878. The Labute approximate surface area is 134 Å². The monoisotopic (exact) mass is 338 g/mol. The van der Waals surface area contributed by atoms with E-state index in [1.54, 1.807) is 19.2 Å². The summed E-state index contributed by atoms with van der Waals surface area (Å²) in [5.41, 5.74) is 0.934. The van der Waals surface area contributed by atoms with Gasteiger partial charge in [-0.3, -0.25) is 4.79 Å². The number of carbonyl (C=O) groups is 1. The second kappa shape index (κ2) is 7.04. The summed E-state index contributed by atoms with van der Waals surface area (Å²) >= 11 is 1.18. The van der Waals surface area contributed by atoms with E-state index in [9.17, 15) is 13.2 Å². The van der Waals surface area contributed by atoms with Crippen molar-refractivity contribution >= 4 is 27.3 Å². The van der Waals surface area contributed by atoms with Crippen molar-refractivity contribution < 1.29 is 13.2 Å². The number of amides is 1. The lowest BCUT2D eigenvalue weighted by Gasteiger charge is -2.16. The Kier molecular flexibility index (Phi) is 5.33. The predicted molar refractivity (Wildman–Crippen MR) is 86.9 cm³/mol. The Balaban J connectivity index is 2.10. The Morgan fingerprint density at radius 2 is 1.86 bits per heavy atom. The van der Waals surface area contributed by atoms with Crippen LogP contribution in [0.15, 0.2) is 46.7 Å². The van der Waals surface area contributed by atoms with Crippen LogP contribution in [0.3, 0.4) is 0 Å². The Hall–Kier alpha value is -1.70. The van der Waals surface area contributed by atoms with Crippen LogP contribution in [-0.4, -0.2) is 25.7 Å². The molecule has 2 rings (SSSR count). The number of benzene rings is 1. The molecule has 0 aliphatic heterocycles. The minimum Gasteiger partial charge on any atom is -0.351 e. The fourth-order valence-corrected chi connectivity index (χ4v) is 4.55. The van der Waals surface area contributed by atoms with Gasteiger partial charge in [0.2, 0.25) is 5.91 Å². The summed E-state index contributed by atoms with van der Waals surface area (Å²) in [7, 11) is -1.95. The Morgan fingerprint density at radius 1 is 1.18 bits per heavy atom. The minimum atomic E-state index is -3.52. The van der Waals surface area contributed by atoms with Crippen LogP contribution in [0.25, 0.3) is 0 Å². The van der Waals surface area contributed by atoms with Crippen molar-refractivity contribution in [2.75, 3.05) is 7.05 Å². The van der Waals surface area contributed by atoms with E-state index in [-0.39, 0.29) is 10.1 Å². The van der Waals surface area contributed by atoms with Crippen molar-refractivity contribution in [1.29, 1.82) is 0 Å². The van der Waals surface area contributed by atoms with Gasteiger partial charge >= 0.3 is 0 Å². The molecular formula is C15H18N2O3S2. The third-order valence-corrected chi connectivity index (χ3v) is 6.42. The molecule has 1 heterocycles. The van der Waals surface area contributed by atoms with Crippen molar-refractivity contribution in [1.82, 2.24) is 9.62 Å². The number of hydrogen-bond acceptors (Lipinski definition) is 4. The van der Waals surface area contributed by atoms with Gasteiger partial charge in [0, 0.05) is 25.4 Å². The van der Waals surface area contributed by atoms with Gasteiger partial charge in [-0.15, -0.1) is 11.3 Å². The highest BCUT2D eigenvalue weighted by atomic mass is 32.2. The first kappa shape index (κ1) is 16.7. The van der Waals surface area contributed by atoms with E-state index in [1.165, 1.54) is 22.6 Å². The van der Waals surface area contributed by atoms with Gasteiger partial charge in [-0.1, -0.05) is 30.3 Å². The number of thiophene rings is 1. The van der Waals surface area contributed by atoms with E-state index in [0.29, 0.717) is 13.1 Å². The van der Waals surface area contributed by atoms with Crippen molar-refractivity contribution in [2.45, 2.75) is 24.2 Å². The van der Waals surface area contributed by atoms with E-state index in [4.69, 9.17) is 0 Å². The molecule has 0 aliphatic carbocycles. The van der Waals surface area contributed by atoms with Gasteiger partial charge < -0.3 is 5.32 Å². The molecule has 7 heteroatoms. The van der Waals surface area contributed by atoms with Gasteiger partial charge in [-0.05, 0) is 17.7 Å². The van der Waals surface area contributed by atoms with Crippen molar-refractivity contribution in [3.8, 4) is 0 Å². The maximum absolute atomic E-state index is 12.5. The summed E-state index contributed by atoms with van der Waals surface area (Å²) in [6.07, 6.45) is 0. The summed E-state index contributed by atoms with van der Waals surface area (Å²) in [4.78, 5) is 11.7. The zero-order valence-corrected chi connectivity index (χ0v) is 14.1. The molecule has 0 unspecified atom stereocenters. The highest BCUT2D eigenvalue weighted by Gasteiger charge is 2.22. The zero-order valence-electron chi connectivity index (χ0n) is 12.4. The Morgan fingerprint density at radius 3 is 2.50 bits per heavy atom. The maximum atomic E-state index is 12.5. The normalized spacial score (nSPS) is 11.6. The predicted octanol–water partition coefficient (Wildman–Crippen LogP) is 2.20. The summed E-state index contributed by atoms with van der Waals surface area (Å²) in [5, 5.41) is 2.66. The van der Waals surface area contributed by atoms with E-state index in [1.807, 2.05) is 30.3 Å². The summed E-state index contributed by atoms with van der Waals surface area (Å²) in [5.74, 6) is -0.140. The van der Waals surface area contributed by atoms with Gasteiger partial charge in [0.1, 0.15) is 4.21 Å². The van der Waals surface area contributed by atoms with Gasteiger partial charge in [0.25, 0.3) is 10.0 Å². The zero-order chi connectivity index (χ0) is 16.2. The van der Waals surface area contributed by atoms with E-state index >= 15 is 0 Å². The molecule has 0 radical (unpaired) electrons. The van der Waals surface area contributed by atoms with Crippen LogP contribution >= 0.6 is 11.3 Å². The molecule has 1 N–H and O–H groups in total. The number of carbonyl (C=O) groups excluding carboxylic acids is 1. The molecule has 0 saturated heterocycles. The number of nitrogens with zero attached hydrogens (tertiary/aromatic N) is 1. The molecule has 0 fully saturated rings. The summed E-state index contributed by atoms with van der Waals surface area (Å²) < 4.78 is 26.7. The summed E-state index contributed by atoms with van der Waals surface area (Å²) in [6, 6.07) is 12.7. The van der Waals surface area contributed by atoms with Gasteiger partial charge in [0.15, 0.2) is 0 Å². The van der Waals surface area contributed by atoms with Crippen LogP contribution < -0.4 is 5.32 Å². The number of nitrogens with one attached hydrogen (secondary N) is 1. The lowest BCUT2D eigenvalue weighted by atomic mass is 10.2. The Bertz CT molecular complexity index is 739. The smallest absolute Gasteiger partial charge is 0.252 e. The molecule has 0 aliphatic rings.